The monoisotopic (exact) mass is 240 g/mol. The number of thiocarbonyl (C=S) groups is 1. The van der Waals surface area contributed by atoms with Crippen LogP contribution < -0.4 is 10.6 Å². The Labute approximate surface area is 92.6 Å². The molecule has 0 spiro atoms. The average Bonchev–Trinajstić information content (AvgIpc) is 2.85. The predicted octanol–water partition coefficient (Wildman–Crippen LogP) is 2.35. The maximum absolute atomic E-state index is 11.8. The fourth-order valence-electron chi connectivity index (χ4n) is 1.12. The fraction of sp³-hybridized carbons (Fsp3) is 0.889. The molecule has 1 fully saturated rings. The number of rotatable bonds is 5. The normalized spacial score (nSPS) is 16.2. The number of hydrogen-bond donors (Lipinski definition) is 2. The quantitative estimate of drug-likeness (QED) is 0.570. The Bertz CT molecular complexity index is 214. The van der Waals surface area contributed by atoms with Gasteiger partial charge in [-0.1, -0.05) is 0 Å². The van der Waals surface area contributed by atoms with E-state index >= 15 is 0 Å². The van der Waals surface area contributed by atoms with E-state index < -0.39 is 12.6 Å². The molecule has 0 aliphatic heterocycles. The SMILES string of the molecule is FC(F)(F)CCCCNC(=S)NC1CC1. The largest absolute Gasteiger partial charge is 0.389 e. The van der Waals surface area contributed by atoms with E-state index in [4.69, 9.17) is 12.2 Å². The predicted molar refractivity (Wildman–Crippen MR) is 56.7 cm³/mol. The highest BCUT2D eigenvalue weighted by Crippen LogP contribution is 2.21. The van der Waals surface area contributed by atoms with Crippen LogP contribution in [0.4, 0.5) is 13.2 Å². The molecule has 0 saturated heterocycles. The van der Waals surface area contributed by atoms with Crippen molar-refractivity contribution < 1.29 is 13.2 Å². The summed E-state index contributed by atoms with van der Waals surface area (Å²) in [5, 5.41) is 6.51. The standard InChI is InChI=1S/C9H15F3N2S/c10-9(11,12)5-1-2-6-13-8(15)14-7-3-4-7/h7H,1-6H2,(H2,13,14,15). The summed E-state index contributed by atoms with van der Waals surface area (Å²) in [6.07, 6.45) is -1.83. The molecule has 1 saturated carbocycles. The van der Waals surface area contributed by atoms with Crippen LogP contribution in [0.25, 0.3) is 0 Å². The highest BCUT2D eigenvalue weighted by molar-refractivity contribution is 7.80. The van der Waals surface area contributed by atoms with E-state index in [1.807, 2.05) is 0 Å². The van der Waals surface area contributed by atoms with Gasteiger partial charge in [0.2, 0.25) is 0 Å². The van der Waals surface area contributed by atoms with Gasteiger partial charge >= 0.3 is 6.18 Å². The molecule has 2 N–H and O–H groups in total. The van der Waals surface area contributed by atoms with Gasteiger partial charge in [0.25, 0.3) is 0 Å². The Balaban J connectivity index is 1.89. The van der Waals surface area contributed by atoms with E-state index in [9.17, 15) is 13.2 Å². The van der Waals surface area contributed by atoms with E-state index in [2.05, 4.69) is 10.6 Å². The summed E-state index contributed by atoms with van der Waals surface area (Å²) in [6, 6.07) is 0.486. The minimum absolute atomic E-state index is 0.155. The Hall–Kier alpha value is -0.520. The van der Waals surface area contributed by atoms with Gasteiger partial charge in [-0.25, -0.2) is 0 Å². The van der Waals surface area contributed by atoms with Crippen LogP contribution in [0.15, 0.2) is 0 Å². The molecule has 0 aromatic heterocycles. The van der Waals surface area contributed by atoms with Crippen LogP contribution in [0.3, 0.4) is 0 Å². The molecule has 0 unspecified atom stereocenters. The molecule has 88 valence electrons. The average molecular weight is 240 g/mol. The van der Waals surface area contributed by atoms with E-state index in [1.54, 1.807) is 0 Å². The van der Waals surface area contributed by atoms with Crippen molar-refractivity contribution in [1.82, 2.24) is 10.6 Å². The lowest BCUT2D eigenvalue weighted by Crippen LogP contribution is -2.37. The second-order valence-corrected chi connectivity index (χ2v) is 4.16. The molecule has 1 aliphatic rings. The van der Waals surface area contributed by atoms with E-state index in [-0.39, 0.29) is 6.42 Å². The molecule has 15 heavy (non-hydrogen) atoms. The van der Waals surface area contributed by atoms with Gasteiger partial charge in [-0.3, -0.25) is 0 Å². The van der Waals surface area contributed by atoms with Crippen molar-refractivity contribution in [1.29, 1.82) is 0 Å². The molecule has 0 aromatic rings. The zero-order chi connectivity index (χ0) is 11.3. The number of unbranched alkanes of at least 4 members (excludes halogenated alkanes) is 1. The van der Waals surface area contributed by atoms with E-state index in [0.717, 1.165) is 12.8 Å². The van der Waals surface area contributed by atoms with Gasteiger partial charge in [-0.05, 0) is 37.9 Å². The first-order valence-corrected chi connectivity index (χ1v) is 5.49. The summed E-state index contributed by atoms with van der Waals surface area (Å²) in [5.41, 5.74) is 0. The molecule has 1 aliphatic carbocycles. The Morgan fingerprint density at radius 3 is 2.47 bits per heavy atom. The van der Waals surface area contributed by atoms with Crippen molar-refractivity contribution >= 4 is 17.3 Å². The first-order chi connectivity index (χ1) is 6.97. The van der Waals surface area contributed by atoms with Crippen LogP contribution in [0.2, 0.25) is 0 Å². The van der Waals surface area contributed by atoms with Crippen molar-refractivity contribution in [3.05, 3.63) is 0 Å². The highest BCUT2D eigenvalue weighted by Gasteiger charge is 2.25. The van der Waals surface area contributed by atoms with Gasteiger partial charge in [-0.15, -0.1) is 0 Å². The van der Waals surface area contributed by atoms with E-state index in [0.29, 0.717) is 24.1 Å². The molecule has 0 aromatic carbocycles. The van der Waals surface area contributed by atoms with Crippen LogP contribution >= 0.6 is 12.2 Å². The lowest BCUT2D eigenvalue weighted by molar-refractivity contribution is -0.135. The molecular formula is C9H15F3N2S. The maximum Gasteiger partial charge on any atom is 0.389 e. The molecule has 0 heterocycles. The summed E-state index contributed by atoms with van der Waals surface area (Å²) in [4.78, 5) is 0. The van der Waals surface area contributed by atoms with Gasteiger partial charge in [-0.2, -0.15) is 13.2 Å². The van der Waals surface area contributed by atoms with Gasteiger partial charge < -0.3 is 10.6 Å². The zero-order valence-electron chi connectivity index (χ0n) is 8.36. The summed E-state index contributed by atoms with van der Waals surface area (Å²) in [6.45, 7) is 0.509. The van der Waals surface area contributed by atoms with E-state index in [1.165, 1.54) is 0 Å². The number of alkyl halides is 3. The minimum Gasteiger partial charge on any atom is -0.363 e. The number of halogens is 3. The summed E-state index contributed by atoms with van der Waals surface area (Å²) in [5.74, 6) is 0. The summed E-state index contributed by atoms with van der Waals surface area (Å²) in [7, 11) is 0. The van der Waals surface area contributed by atoms with Crippen LogP contribution in [0.5, 0.6) is 0 Å². The third-order valence-corrected chi connectivity index (χ3v) is 2.35. The third kappa shape index (κ3) is 7.41. The number of nitrogens with one attached hydrogen (secondary N) is 2. The van der Waals surface area contributed by atoms with Crippen molar-refractivity contribution in [2.24, 2.45) is 0 Å². The third-order valence-electron chi connectivity index (χ3n) is 2.09. The minimum atomic E-state index is -4.03. The summed E-state index contributed by atoms with van der Waals surface area (Å²) < 4.78 is 35.3. The molecule has 0 radical (unpaired) electrons. The smallest absolute Gasteiger partial charge is 0.363 e. The fourth-order valence-corrected chi connectivity index (χ4v) is 1.39. The van der Waals surface area contributed by atoms with Crippen molar-refractivity contribution in [2.75, 3.05) is 6.54 Å². The molecule has 1 rings (SSSR count). The second-order valence-electron chi connectivity index (χ2n) is 3.75. The van der Waals surface area contributed by atoms with Crippen LogP contribution in [0.1, 0.15) is 32.1 Å². The van der Waals surface area contributed by atoms with Crippen LogP contribution in [0, 0.1) is 0 Å². The first kappa shape index (κ1) is 12.5. The van der Waals surface area contributed by atoms with Gasteiger partial charge in [0.1, 0.15) is 0 Å². The summed E-state index contributed by atoms with van der Waals surface area (Å²) >= 11 is 4.95. The van der Waals surface area contributed by atoms with Crippen molar-refractivity contribution in [3.8, 4) is 0 Å². The zero-order valence-corrected chi connectivity index (χ0v) is 9.18. The first-order valence-electron chi connectivity index (χ1n) is 5.08. The highest BCUT2D eigenvalue weighted by atomic mass is 32.1. The molecule has 2 nitrogen and oxygen atoms in total. The molecule has 0 amide bonds. The molecule has 6 heteroatoms. The maximum atomic E-state index is 11.8. The van der Waals surface area contributed by atoms with Crippen molar-refractivity contribution in [2.45, 2.75) is 44.3 Å². The Morgan fingerprint density at radius 1 is 1.27 bits per heavy atom. The van der Waals surface area contributed by atoms with Crippen LogP contribution in [-0.2, 0) is 0 Å². The Morgan fingerprint density at radius 2 is 1.93 bits per heavy atom. The van der Waals surface area contributed by atoms with Gasteiger partial charge in [0, 0.05) is 19.0 Å². The molecular weight excluding hydrogens is 225 g/mol. The topological polar surface area (TPSA) is 24.1 Å². The number of hydrogen-bond acceptors (Lipinski definition) is 1. The lowest BCUT2D eigenvalue weighted by Gasteiger charge is -2.09. The molecule has 0 atom stereocenters. The van der Waals surface area contributed by atoms with Gasteiger partial charge in [0.15, 0.2) is 5.11 Å². The van der Waals surface area contributed by atoms with Crippen LogP contribution in [-0.4, -0.2) is 23.9 Å². The Kier molecular flexibility index (Phi) is 4.63. The second kappa shape index (κ2) is 5.53. The van der Waals surface area contributed by atoms with Crippen molar-refractivity contribution in [3.63, 3.8) is 0 Å². The van der Waals surface area contributed by atoms with Gasteiger partial charge in [0.05, 0.1) is 0 Å². The lowest BCUT2D eigenvalue weighted by atomic mass is 10.2. The molecule has 0 bridgehead atoms.